The van der Waals surface area contributed by atoms with Crippen molar-refractivity contribution in [2.24, 2.45) is 0 Å². The normalized spacial score (nSPS) is 16.2. The Labute approximate surface area is 112 Å². The number of carbonyl (C=O) groups excluding carboxylic acids is 2. The molecule has 2 rings (SSSR count). The fraction of sp³-hybridized carbons (Fsp3) is 0.333. The maximum Gasteiger partial charge on any atom is 0.251 e. The van der Waals surface area contributed by atoms with Crippen molar-refractivity contribution in [3.05, 3.63) is 42.0 Å². The first-order chi connectivity index (χ1) is 8.94. The summed E-state index contributed by atoms with van der Waals surface area (Å²) >= 11 is 0. The lowest BCUT2D eigenvalue weighted by Gasteiger charge is -2.32. The summed E-state index contributed by atoms with van der Waals surface area (Å²) < 4.78 is 0. The second-order valence-electron chi connectivity index (χ2n) is 5.37. The molecule has 1 aromatic carbocycles. The van der Waals surface area contributed by atoms with Gasteiger partial charge in [-0.15, -0.1) is 6.58 Å². The number of hydrogen-bond donors (Lipinski definition) is 2. The minimum absolute atomic E-state index is 0.0151. The Balaban J connectivity index is 2.35. The van der Waals surface area contributed by atoms with E-state index >= 15 is 0 Å². The molecule has 0 fully saturated rings. The summed E-state index contributed by atoms with van der Waals surface area (Å²) in [5, 5.41) is 5.59. The Bertz CT molecular complexity index is 547. The average Bonchev–Trinajstić information content (AvgIpc) is 2.34. The molecule has 1 aromatic rings. The molecule has 1 heterocycles. The zero-order valence-corrected chi connectivity index (χ0v) is 11.2. The van der Waals surface area contributed by atoms with Crippen LogP contribution >= 0.6 is 0 Å². The zero-order valence-electron chi connectivity index (χ0n) is 11.2. The van der Waals surface area contributed by atoms with Gasteiger partial charge in [-0.05, 0) is 23.8 Å². The van der Waals surface area contributed by atoms with Gasteiger partial charge in [0.1, 0.15) is 0 Å². The van der Waals surface area contributed by atoms with Crippen LogP contribution in [0, 0.1) is 0 Å². The number of benzene rings is 1. The topological polar surface area (TPSA) is 58.2 Å². The maximum atomic E-state index is 11.9. The third kappa shape index (κ3) is 2.67. The summed E-state index contributed by atoms with van der Waals surface area (Å²) in [6.45, 7) is 8.03. The SMILES string of the molecule is C=CCNC(=O)c1ccc2c(c1)C(C)(C)CC(=O)N2. The van der Waals surface area contributed by atoms with E-state index in [0.717, 1.165) is 11.3 Å². The number of fused-ring (bicyclic) bond motifs is 1. The van der Waals surface area contributed by atoms with Crippen LogP contribution in [-0.4, -0.2) is 18.4 Å². The Kier molecular flexibility index (Phi) is 3.42. The Morgan fingerprint density at radius 1 is 1.53 bits per heavy atom. The molecule has 0 radical (unpaired) electrons. The van der Waals surface area contributed by atoms with Crippen LogP contribution in [0.2, 0.25) is 0 Å². The third-order valence-electron chi connectivity index (χ3n) is 3.29. The van der Waals surface area contributed by atoms with Crippen LogP contribution in [0.1, 0.15) is 36.2 Å². The summed E-state index contributed by atoms with van der Waals surface area (Å²) in [5.74, 6) is -0.114. The van der Waals surface area contributed by atoms with E-state index in [9.17, 15) is 9.59 Å². The summed E-state index contributed by atoms with van der Waals surface area (Å²) in [6, 6.07) is 5.36. The Morgan fingerprint density at radius 2 is 2.26 bits per heavy atom. The van der Waals surface area contributed by atoms with Gasteiger partial charge in [-0.3, -0.25) is 9.59 Å². The standard InChI is InChI=1S/C15H18N2O2/c1-4-7-16-14(19)10-5-6-12-11(8-10)15(2,3)9-13(18)17-12/h4-6,8H,1,7,9H2,2-3H3,(H,16,19)(H,17,18). The van der Waals surface area contributed by atoms with Gasteiger partial charge < -0.3 is 10.6 Å². The largest absolute Gasteiger partial charge is 0.349 e. The van der Waals surface area contributed by atoms with E-state index in [0.29, 0.717) is 18.5 Å². The van der Waals surface area contributed by atoms with Crippen LogP contribution in [0.5, 0.6) is 0 Å². The van der Waals surface area contributed by atoms with Gasteiger partial charge in [0.2, 0.25) is 5.91 Å². The van der Waals surface area contributed by atoms with Crippen LogP contribution < -0.4 is 10.6 Å². The van der Waals surface area contributed by atoms with Gasteiger partial charge >= 0.3 is 0 Å². The lowest BCUT2D eigenvalue weighted by molar-refractivity contribution is -0.117. The van der Waals surface area contributed by atoms with E-state index in [1.165, 1.54) is 0 Å². The van der Waals surface area contributed by atoms with Gasteiger partial charge in [-0.25, -0.2) is 0 Å². The van der Waals surface area contributed by atoms with Crippen molar-refractivity contribution in [1.82, 2.24) is 5.32 Å². The van der Waals surface area contributed by atoms with Crippen LogP contribution in [0.3, 0.4) is 0 Å². The molecule has 4 heteroatoms. The highest BCUT2D eigenvalue weighted by Gasteiger charge is 2.32. The average molecular weight is 258 g/mol. The molecule has 0 spiro atoms. The molecule has 1 aliphatic rings. The molecule has 19 heavy (non-hydrogen) atoms. The lowest BCUT2D eigenvalue weighted by atomic mass is 9.77. The fourth-order valence-electron chi connectivity index (χ4n) is 2.31. The van der Waals surface area contributed by atoms with Crippen LogP contribution in [-0.2, 0) is 10.2 Å². The number of amides is 2. The van der Waals surface area contributed by atoms with Crippen molar-refractivity contribution < 1.29 is 9.59 Å². The monoisotopic (exact) mass is 258 g/mol. The third-order valence-corrected chi connectivity index (χ3v) is 3.29. The van der Waals surface area contributed by atoms with Gasteiger partial charge in [0.15, 0.2) is 0 Å². The summed E-state index contributed by atoms with van der Waals surface area (Å²) in [6.07, 6.45) is 2.07. The van der Waals surface area contributed by atoms with Crippen molar-refractivity contribution in [2.45, 2.75) is 25.7 Å². The molecule has 4 nitrogen and oxygen atoms in total. The first-order valence-corrected chi connectivity index (χ1v) is 6.27. The molecule has 0 saturated heterocycles. The van der Waals surface area contributed by atoms with Crippen molar-refractivity contribution in [3.8, 4) is 0 Å². The van der Waals surface area contributed by atoms with Crippen molar-refractivity contribution in [2.75, 3.05) is 11.9 Å². The molecule has 0 unspecified atom stereocenters. The lowest BCUT2D eigenvalue weighted by Crippen LogP contribution is -2.33. The summed E-state index contributed by atoms with van der Waals surface area (Å²) in [7, 11) is 0. The number of carbonyl (C=O) groups is 2. The Hall–Kier alpha value is -2.10. The van der Waals surface area contributed by atoms with Crippen molar-refractivity contribution in [1.29, 1.82) is 0 Å². The molecule has 0 saturated carbocycles. The second kappa shape index (κ2) is 4.88. The molecule has 2 amide bonds. The second-order valence-corrected chi connectivity index (χ2v) is 5.37. The molecule has 0 aromatic heterocycles. The highest BCUT2D eigenvalue weighted by atomic mass is 16.2. The maximum absolute atomic E-state index is 11.9. The van der Waals surface area contributed by atoms with E-state index in [1.54, 1.807) is 18.2 Å². The number of anilines is 1. The number of hydrogen-bond acceptors (Lipinski definition) is 2. The smallest absolute Gasteiger partial charge is 0.251 e. The highest BCUT2D eigenvalue weighted by molar-refractivity contribution is 5.98. The van der Waals surface area contributed by atoms with E-state index in [1.807, 2.05) is 19.9 Å². The minimum Gasteiger partial charge on any atom is -0.349 e. The summed E-state index contributed by atoms with van der Waals surface area (Å²) in [4.78, 5) is 23.5. The quantitative estimate of drug-likeness (QED) is 0.817. The van der Waals surface area contributed by atoms with Gasteiger partial charge in [-0.1, -0.05) is 19.9 Å². The molecule has 2 N–H and O–H groups in total. The zero-order chi connectivity index (χ0) is 14.0. The highest BCUT2D eigenvalue weighted by Crippen LogP contribution is 2.37. The van der Waals surface area contributed by atoms with Crippen molar-refractivity contribution >= 4 is 17.5 Å². The number of rotatable bonds is 3. The molecule has 1 aliphatic heterocycles. The fourth-order valence-corrected chi connectivity index (χ4v) is 2.31. The molecular formula is C15H18N2O2. The van der Waals surface area contributed by atoms with Gasteiger partial charge in [-0.2, -0.15) is 0 Å². The molecule has 0 bridgehead atoms. The first-order valence-electron chi connectivity index (χ1n) is 6.27. The van der Waals surface area contributed by atoms with E-state index in [2.05, 4.69) is 17.2 Å². The van der Waals surface area contributed by atoms with Gasteiger partial charge in [0.05, 0.1) is 0 Å². The van der Waals surface area contributed by atoms with E-state index in [-0.39, 0.29) is 17.2 Å². The van der Waals surface area contributed by atoms with Crippen LogP contribution in [0.4, 0.5) is 5.69 Å². The van der Waals surface area contributed by atoms with E-state index in [4.69, 9.17) is 0 Å². The predicted molar refractivity (Wildman–Crippen MR) is 75.2 cm³/mol. The molecular weight excluding hydrogens is 240 g/mol. The van der Waals surface area contributed by atoms with Crippen LogP contribution in [0.25, 0.3) is 0 Å². The van der Waals surface area contributed by atoms with Crippen LogP contribution in [0.15, 0.2) is 30.9 Å². The minimum atomic E-state index is -0.258. The van der Waals surface area contributed by atoms with Crippen molar-refractivity contribution in [3.63, 3.8) is 0 Å². The molecule has 100 valence electrons. The Morgan fingerprint density at radius 3 is 2.95 bits per heavy atom. The summed E-state index contributed by atoms with van der Waals surface area (Å²) in [5.41, 5.74) is 2.14. The van der Waals surface area contributed by atoms with Gasteiger partial charge in [0, 0.05) is 29.6 Å². The van der Waals surface area contributed by atoms with E-state index < -0.39 is 0 Å². The number of nitrogens with one attached hydrogen (secondary N) is 2. The molecule has 0 atom stereocenters. The first kappa shape index (κ1) is 13.3. The van der Waals surface area contributed by atoms with Gasteiger partial charge in [0.25, 0.3) is 5.91 Å². The predicted octanol–water partition coefficient (Wildman–Crippen LogP) is 2.22. The molecule has 0 aliphatic carbocycles.